The number of esters is 1. The normalized spacial score (nSPS) is 19.6. The van der Waals surface area contributed by atoms with Gasteiger partial charge in [-0.05, 0) is 12.3 Å². The molecule has 1 saturated heterocycles. The molecule has 5 heteroatoms. The third-order valence-electron chi connectivity index (χ3n) is 3.41. The summed E-state index contributed by atoms with van der Waals surface area (Å²) in [5.74, 6) is -1.43. The summed E-state index contributed by atoms with van der Waals surface area (Å²) in [4.78, 5) is 22.0. The summed E-state index contributed by atoms with van der Waals surface area (Å²) < 4.78 is 9.76. The smallest absolute Gasteiger partial charge is 0.305 e. The maximum Gasteiger partial charge on any atom is 0.305 e. The summed E-state index contributed by atoms with van der Waals surface area (Å²) >= 11 is 0. The van der Waals surface area contributed by atoms with Crippen LogP contribution >= 0.6 is 0 Å². The van der Waals surface area contributed by atoms with Crippen LogP contribution in [-0.4, -0.2) is 37.4 Å². The second-order valence-electron chi connectivity index (χ2n) is 4.28. The zero-order chi connectivity index (χ0) is 12.2. The zero-order valence-corrected chi connectivity index (χ0v) is 9.69. The maximum absolute atomic E-state index is 11.3. The lowest BCUT2D eigenvalue weighted by molar-refractivity contribution is -0.168. The van der Waals surface area contributed by atoms with E-state index in [0.29, 0.717) is 13.2 Å². The fourth-order valence-electron chi connectivity index (χ4n) is 2.09. The minimum atomic E-state index is -0.881. The molecule has 0 spiro atoms. The molecule has 0 aromatic carbocycles. The standard InChI is InChI=1S/C11H18O5/c1-3-11(6-16-7-11)8(4-9(12)13)5-10(14)15-2/h8H,3-7H2,1-2H3,(H,12,13). The Bertz CT molecular complexity index is 264. The predicted molar refractivity (Wildman–Crippen MR) is 55.9 cm³/mol. The van der Waals surface area contributed by atoms with Crippen molar-refractivity contribution in [2.24, 2.45) is 11.3 Å². The van der Waals surface area contributed by atoms with Crippen LogP contribution in [0.5, 0.6) is 0 Å². The van der Waals surface area contributed by atoms with Crippen molar-refractivity contribution < 1.29 is 24.2 Å². The summed E-state index contributed by atoms with van der Waals surface area (Å²) in [6.07, 6.45) is 0.967. The van der Waals surface area contributed by atoms with Gasteiger partial charge in [-0.2, -0.15) is 0 Å². The predicted octanol–water partition coefficient (Wildman–Crippen LogP) is 1.07. The van der Waals surface area contributed by atoms with Crippen LogP contribution in [0, 0.1) is 11.3 Å². The van der Waals surface area contributed by atoms with Crippen molar-refractivity contribution in [2.75, 3.05) is 20.3 Å². The first-order chi connectivity index (χ1) is 7.54. The highest BCUT2D eigenvalue weighted by molar-refractivity contribution is 5.72. The second-order valence-corrected chi connectivity index (χ2v) is 4.28. The maximum atomic E-state index is 11.3. The highest BCUT2D eigenvalue weighted by Crippen LogP contribution is 2.42. The Kier molecular flexibility index (Phi) is 4.29. The highest BCUT2D eigenvalue weighted by atomic mass is 16.5. The summed E-state index contributed by atoms with van der Waals surface area (Å²) in [6.45, 7) is 3.07. The first kappa shape index (κ1) is 13.0. The number of carboxylic acid groups (broad SMARTS) is 1. The van der Waals surface area contributed by atoms with Gasteiger partial charge in [-0.1, -0.05) is 6.92 Å². The molecule has 5 nitrogen and oxygen atoms in total. The number of carboxylic acids is 1. The van der Waals surface area contributed by atoms with Gasteiger partial charge in [0.15, 0.2) is 0 Å². The Balaban J connectivity index is 2.69. The number of methoxy groups -OCH3 is 1. The number of rotatable bonds is 6. The number of hydrogen-bond acceptors (Lipinski definition) is 4. The average molecular weight is 230 g/mol. The molecule has 0 aliphatic carbocycles. The second kappa shape index (κ2) is 5.30. The van der Waals surface area contributed by atoms with Crippen molar-refractivity contribution in [3.05, 3.63) is 0 Å². The van der Waals surface area contributed by atoms with Gasteiger partial charge >= 0.3 is 11.9 Å². The van der Waals surface area contributed by atoms with Gasteiger partial charge in [-0.15, -0.1) is 0 Å². The van der Waals surface area contributed by atoms with Crippen LogP contribution in [0.1, 0.15) is 26.2 Å². The third-order valence-corrected chi connectivity index (χ3v) is 3.41. The van der Waals surface area contributed by atoms with E-state index in [1.54, 1.807) is 0 Å². The third kappa shape index (κ3) is 2.72. The van der Waals surface area contributed by atoms with Crippen LogP contribution in [0.25, 0.3) is 0 Å². The van der Waals surface area contributed by atoms with Crippen molar-refractivity contribution in [3.63, 3.8) is 0 Å². The first-order valence-electron chi connectivity index (χ1n) is 5.40. The molecule has 1 aliphatic heterocycles. The molecule has 1 rings (SSSR count). The molecular formula is C11H18O5. The van der Waals surface area contributed by atoms with Crippen molar-refractivity contribution in [1.29, 1.82) is 0 Å². The largest absolute Gasteiger partial charge is 0.481 e. The molecule has 0 radical (unpaired) electrons. The lowest BCUT2D eigenvalue weighted by atomic mass is 9.69. The van der Waals surface area contributed by atoms with E-state index in [1.165, 1.54) is 7.11 Å². The molecular weight excluding hydrogens is 212 g/mol. The van der Waals surface area contributed by atoms with Crippen molar-refractivity contribution >= 4 is 11.9 Å². The molecule has 16 heavy (non-hydrogen) atoms. The molecule has 1 unspecified atom stereocenters. The molecule has 0 aromatic rings. The van der Waals surface area contributed by atoms with Crippen molar-refractivity contribution in [2.45, 2.75) is 26.2 Å². The van der Waals surface area contributed by atoms with Gasteiger partial charge in [0.05, 0.1) is 20.3 Å². The van der Waals surface area contributed by atoms with E-state index in [2.05, 4.69) is 4.74 Å². The molecule has 1 atom stereocenters. The quantitative estimate of drug-likeness (QED) is 0.691. The monoisotopic (exact) mass is 230 g/mol. The molecule has 0 amide bonds. The van der Waals surface area contributed by atoms with Crippen LogP contribution < -0.4 is 0 Å². The Morgan fingerprint density at radius 1 is 1.44 bits per heavy atom. The van der Waals surface area contributed by atoms with Crippen LogP contribution in [-0.2, 0) is 19.1 Å². The summed E-state index contributed by atoms with van der Waals surface area (Å²) in [5, 5.41) is 8.86. The van der Waals surface area contributed by atoms with E-state index in [-0.39, 0.29) is 30.1 Å². The highest BCUT2D eigenvalue weighted by Gasteiger charge is 2.45. The number of ether oxygens (including phenoxy) is 2. The SMILES string of the molecule is CCC1(C(CC(=O)O)CC(=O)OC)COC1. The first-order valence-corrected chi connectivity index (χ1v) is 5.40. The molecule has 0 bridgehead atoms. The number of carbonyl (C=O) groups excluding carboxylic acids is 1. The summed E-state index contributed by atoms with van der Waals surface area (Å²) in [5.41, 5.74) is -0.160. The fraction of sp³-hybridized carbons (Fsp3) is 0.818. The van der Waals surface area contributed by atoms with Crippen molar-refractivity contribution in [1.82, 2.24) is 0 Å². The summed E-state index contributed by atoms with van der Waals surface area (Å²) in [7, 11) is 1.32. The van der Waals surface area contributed by atoms with Crippen LogP contribution in [0.2, 0.25) is 0 Å². The van der Waals surface area contributed by atoms with E-state index >= 15 is 0 Å². The van der Waals surface area contributed by atoms with E-state index < -0.39 is 5.97 Å². The lowest BCUT2D eigenvalue weighted by Gasteiger charge is -2.46. The van der Waals surface area contributed by atoms with E-state index in [0.717, 1.165) is 6.42 Å². The van der Waals surface area contributed by atoms with Gasteiger partial charge in [0, 0.05) is 18.3 Å². The van der Waals surface area contributed by atoms with E-state index in [1.807, 2.05) is 6.92 Å². The fourth-order valence-corrected chi connectivity index (χ4v) is 2.09. The van der Waals surface area contributed by atoms with E-state index in [9.17, 15) is 9.59 Å². The number of hydrogen-bond donors (Lipinski definition) is 1. The summed E-state index contributed by atoms with van der Waals surface area (Å²) in [6, 6.07) is 0. The molecule has 1 heterocycles. The van der Waals surface area contributed by atoms with Crippen LogP contribution in [0.4, 0.5) is 0 Å². The topological polar surface area (TPSA) is 72.8 Å². The lowest BCUT2D eigenvalue weighted by Crippen LogP contribution is -2.49. The minimum Gasteiger partial charge on any atom is -0.481 e. The van der Waals surface area contributed by atoms with E-state index in [4.69, 9.17) is 9.84 Å². The van der Waals surface area contributed by atoms with Gasteiger partial charge in [-0.3, -0.25) is 9.59 Å². The number of aliphatic carboxylic acids is 1. The number of carbonyl (C=O) groups is 2. The Morgan fingerprint density at radius 2 is 2.06 bits per heavy atom. The molecule has 0 saturated carbocycles. The molecule has 1 N–H and O–H groups in total. The Hall–Kier alpha value is -1.10. The van der Waals surface area contributed by atoms with Gasteiger partial charge in [0.25, 0.3) is 0 Å². The van der Waals surface area contributed by atoms with Crippen LogP contribution in [0.3, 0.4) is 0 Å². The van der Waals surface area contributed by atoms with Crippen LogP contribution in [0.15, 0.2) is 0 Å². The average Bonchev–Trinajstić information content (AvgIpc) is 2.15. The molecule has 1 aliphatic rings. The molecule has 1 fully saturated rings. The van der Waals surface area contributed by atoms with Gasteiger partial charge in [-0.25, -0.2) is 0 Å². The van der Waals surface area contributed by atoms with Crippen molar-refractivity contribution in [3.8, 4) is 0 Å². The minimum absolute atomic E-state index is 0.00764. The Labute approximate surface area is 94.7 Å². The van der Waals surface area contributed by atoms with Gasteiger partial charge < -0.3 is 14.6 Å². The molecule has 92 valence electrons. The van der Waals surface area contributed by atoms with Gasteiger partial charge in [0.1, 0.15) is 0 Å². The zero-order valence-electron chi connectivity index (χ0n) is 9.69. The van der Waals surface area contributed by atoms with Gasteiger partial charge in [0.2, 0.25) is 0 Å². The molecule has 0 aromatic heterocycles. The Morgan fingerprint density at radius 3 is 2.38 bits per heavy atom.